The second-order valence-electron chi connectivity index (χ2n) is 6.92. The first-order valence-corrected chi connectivity index (χ1v) is 12.6. The van der Waals surface area contributed by atoms with E-state index in [1.54, 1.807) is 37.3 Å². The molecule has 2 aromatic rings. The Labute approximate surface area is 167 Å². The molecule has 0 fully saturated rings. The number of nitrogens with zero attached hydrogens (tertiary/aromatic N) is 1. The minimum atomic E-state index is -3.70. The normalized spacial score (nSPS) is 14.6. The molecule has 1 aliphatic heterocycles. The van der Waals surface area contributed by atoms with Gasteiger partial charge in [0.1, 0.15) is 0 Å². The van der Waals surface area contributed by atoms with Gasteiger partial charge in [-0.15, -0.1) is 0 Å². The van der Waals surface area contributed by atoms with Crippen LogP contribution in [0.5, 0.6) is 0 Å². The topological polar surface area (TPSA) is 83.6 Å². The van der Waals surface area contributed by atoms with Gasteiger partial charge in [-0.1, -0.05) is 25.5 Å². The van der Waals surface area contributed by atoms with Gasteiger partial charge in [0.15, 0.2) is 0 Å². The van der Waals surface area contributed by atoms with Crippen LogP contribution in [0, 0.1) is 0 Å². The number of benzene rings is 2. The summed E-state index contributed by atoms with van der Waals surface area (Å²) in [7, 11) is -7.04. The standard InChI is InChI=1S/C20H26N2O4S2/c1-3-6-16-8-11-19(12-9-16)28(25,26)21-18-10-13-20-17(15-18)7-5-14-22(20)27(23,24)4-2/h8-13,15,21H,3-7,14H2,1-2H3. The molecule has 0 atom stereocenters. The van der Waals surface area contributed by atoms with Crippen LogP contribution in [0.1, 0.15) is 37.8 Å². The number of hydrogen-bond donors (Lipinski definition) is 1. The molecule has 1 heterocycles. The molecule has 0 aliphatic carbocycles. The highest BCUT2D eigenvalue weighted by molar-refractivity contribution is 7.93. The molecule has 0 unspecified atom stereocenters. The summed E-state index contributed by atoms with van der Waals surface area (Å²) in [5.41, 5.74) is 3.02. The lowest BCUT2D eigenvalue weighted by Crippen LogP contribution is -2.36. The van der Waals surface area contributed by atoms with Crippen molar-refractivity contribution in [3.05, 3.63) is 53.6 Å². The summed E-state index contributed by atoms with van der Waals surface area (Å²) in [5, 5.41) is 0. The van der Waals surface area contributed by atoms with Gasteiger partial charge in [0.05, 0.1) is 16.3 Å². The molecule has 3 rings (SSSR count). The van der Waals surface area contributed by atoms with E-state index in [9.17, 15) is 16.8 Å². The highest BCUT2D eigenvalue weighted by Gasteiger charge is 2.26. The van der Waals surface area contributed by atoms with Gasteiger partial charge in [-0.3, -0.25) is 9.03 Å². The zero-order valence-corrected chi connectivity index (χ0v) is 17.8. The van der Waals surface area contributed by atoms with Crippen LogP contribution >= 0.6 is 0 Å². The monoisotopic (exact) mass is 422 g/mol. The number of rotatable bonds is 7. The van der Waals surface area contributed by atoms with E-state index in [1.165, 1.54) is 4.31 Å². The maximum absolute atomic E-state index is 12.7. The lowest BCUT2D eigenvalue weighted by Gasteiger charge is -2.30. The Morgan fingerprint density at radius 2 is 1.71 bits per heavy atom. The minimum absolute atomic E-state index is 0.0366. The molecule has 0 saturated carbocycles. The fraction of sp³-hybridized carbons (Fsp3) is 0.400. The third-order valence-corrected chi connectivity index (χ3v) is 8.06. The summed E-state index contributed by atoms with van der Waals surface area (Å²) < 4.78 is 54.0. The fourth-order valence-electron chi connectivity index (χ4n) is 3.41. The number of fused-ring (bicyclic) bond motifs is 1. The van der Waals surface area contributed by atoms with Crippen LogP contribution in [-0.2, 0) is 32.9 Å². The van der Waals surface area contributed by atoms with E-state index in [0.29, 0.717) is 30.8 Å². The molecule has 1 N–H and O–H groups in total. The Balaban J connectivity index is 1.85. The van der Waals surface area contributed by atoms with Gasteiger partial charge in [-0.25, -0.2) is 16.8 Å². The highest BCUT2D eigenvalue weighted by atomic mass is 32.2. The predicted molar refractivity (Wildman–Crippen MR) is 113 cm³/mol. The lowest BCUT2D eigenvalue weighted by atomic mass is 10.0. The first kappa shape index (κ1) is 20.7. The van der Waals surface area contributed by atoms with Gasteiger partial charge in [-0.05, 0) is 67.6 Å². The summed E-state index contributed by atoms with van der Waals surface area (Å²) in [4.78, 5) is 0.209. The van der Waals surface area contributed by atoms with Crippen LogP contribution in [0.2, 0.25) is 0 Å². The van der Waals surface area contributed by atoms with Crippen LogP contribution in [-0.4, -0.2) is 29.1 Å². The maximum atomic E-state index is 12.7. The van der Waals surface area contributed by atoms with Gasteiger partial charge < -0.3 is 0 Å². The Bertz CT molecular complexity index is 1050. The van der Waals surface area contributed by atoms with Crippen LogP contribution in [0.15, 0.2) is 47.4 Å². The maximum Gasteiger partial charge on any atom is 0.261 e. The minimum Gasteiger partial charge on any atom is -0.280 e. The number of anilines is 2. The lowest BCUT2D eigenvalue weighted by molar-refractivity contribution is 0.587. The highest BCUT2D eigenvalue weighted by Crippen LogP contribution is 2.32. The van der Waals surface area contributed by atoms with Crippen molar-refractivity contribution in [2.24, 2.45) is 0 Å². The molecule has 1 aliphatic rings. The van der Waals surface area contributed by atoms with Gasteiger partial charge in [0.25, 0.3) is 10.0 Å². The Morgan fingerprint density at radius 1 is 1.00 bits per heavy atom. The van der Waals surface area contributed by atoms with Crippen molar-refractivity contribution in [3.8, 4) is 0 Å². The van der Waals surface area contributed by atoms with Crippen molar-refractivity contribution in [1.29, 1.82) is 0 Å². The quantitative estimate of drug-likeness (QED) is 0.740. The van der Waals surface area contributed by atoms with E-state index in [4.69, 9.17) is 0 Å². The van der Waals surface area contributed by atoms with Crippen molar-refractivity contribution in [3.63, 3.8) is 0 Å². The average Bonchev–Trinajstić information content (AvgIpc) is 2.67. The van der Waals surface area contributed by atoms with E-state index < -0.39 is 20.0 Å². The summed E-state index contributed by atoms with van der Waals surface area (Å²) in [6.45, 7) is 4.16. The number of nitrogens with one attached hydrogen (secondary N) is 1. The molecule has 0 aromatic heterocycles. The van der Waals surface area contributed by atoms with E-state index in [-0.39, 0.29) is 10.6 Å². The van der Waals surface area contributed by atoms with Crippen molar-refractivity contribution in [1.82, 2.24) is 0 Å². The van der Waals surface area contributed by atoms with Crippen LogP contribution in [0.25, 0.3) is 0 Å². The predicted octanol–water partition coefficient (Wildman–Crippen LogP) is 3.54. The first-order chi connectivity index (χ1) is 13.3. The van der Waals surface area contributed by atoms with Crippen molar-refractivity contribution >= 4 is 31.4 Å². The van der Waals surface area contributed by atoms with E-state index in [1.807, 2.05) is 12.1 Å². The van der Waals surface area contributed by atoms with Gasteiger partial charge >= 0.3 is 0 Å². The summed E-state index contributed by atoms with van der Waals surface area (Å²) in [5.74, 6) is 0.0366. The third kappa shape index (κ3) is 4.33. The van der Waals surface area contributed by atoms with Gasteiger partial charge in [0.2, 0.25) is 10.0 Å². The van der Waals surface area contributed by atoms with E-state index in [0.717, 1.165) is 24.0 Å². The second-order valence-corrected chi connectivity index (χ2v) is 10.8. The molecule has 2 aromatic carbocycles. The molecule has 0 spiro atoms. The molecular formula is C20H26N2O4S2. The molecule has 0 radical (unpaired) electrons. The van der Waals surface area contributed by atoms with Crippen LogP contribution < -0.4 is 9.03 Å². The molecule has 28 heavy (non-hydrogen) atoms. The van der Waals surface area contributed by atoms with Crippen molar-refractivity contribution in [2.45, 2.75) is 44.4 Å². The average molecular weight is 423 g/mol. The van der Waals surface area contributed by atoms with Gasteiger partial charge in [-0.2, -0.15) is 0 Å². The van der Waals surface area contributed by atoms with E-state index in [2.05, 4.69) is 11.6 Å². The van der Waals surface area contributed by atoms with E-state index >= 15 is 0 Å². The van der Waals surface area contributed by atoms with Crippen molar-refractivity contribution < 1.29 is 16.8 Å². The second kappa shape index (κ2) is 8.13. The third-order valence-electron chi connectivity index (χ3n) is 4.88. The summed E-state index contributed by atoms with van der Waals surface area (Å²) >= 11 is 0. The smallest absolute Gasteiger partial charge is 0.261 e. The largest absolute Gasteiger partial charge is 0.280 e. The zero-order chi connectivity index (χ0) is 20.4. The number of hydrogen-bond acceptors (Lipinski definition) is 4. The molecule has 0 amide bonds. The number of aryl methyl sites for hydroxylation is 2. The molecule has 8 heteroatoms. The molecule has 6 nitrogen and oxygen atoms in total. The molecule has 0 bridgehead atoms. The summed E-state index contributed by atoms with van der Waals surface area (Å²) in [6, 6.07) is 11.9. The molecule has 0 saturated heterocycles. The van der Waals surface area contributed by atoms with Crippen LogP contribution in [0.4, 0.5) is 11.4 Å². The Kier molecular flexibility index (Phi) is 6.00. The SMILES string of the molecule is CCCc1ccc(S(=O)(=O)Nc2ccc3c(c2)CCCN3S(=O)(=O)CC)cc1. The first-order valence-electron chi connectivity index (χ1n) is 9.52. The number of sulfonamides is 2. The Hall–Kier alpha value is -2.06. The fourth-order valence-corrected chi connectivity index (χ4v) is 5.66. The van der Waals surface area contributed by atoms with Crippen LogP contribution in [0.3, 0.4) is 0 Å². The summed E-state index contributed by atoms with van der Waals surface area (Å²) in [6.07, 6.45) is 3.34. The zero-order valence-electron chi connectivity index (χ0n) is 16.2. The molecule has 152 valence electrons. The molecular weight excluding hydrogens is 396 g/mol. The van der Waals surface area contributed by atoms with Crippen molar-refractivity contribution in [2.75, 3.05) is 21.3 Å². The van der Waals surface area contributed by atoms with Gasteiger partial charge in [0, 0.05) is 12.2 Å². The Morgan fingerprint density at radius 3 is 2.36 bits per heavy atom.